The van der Waals surface area contributed by atoms with Crippen LogP contribution in [0.1, 0.15) is 12.6 Å². The largest absolute Gasteiger partial charge is 0.322 e. The third kappa shape index (κ3) is 1.51. The molecule has 1 aromatic rings. The molecule has 2 heterocycles. The second-order valence-electron chi connectivity index (χ2n) is 4.06. The normalized spacial score (nSPS) is 23.4. The highest BCUT2D eigenvalue weighted by molar-refractivity contribution is 7.91. The van der Waals surface area contributed by atoms with Crippen molar-refractivity contribution in [2.45, 2.75) is 18.9 Å². The van der Waals surface area contributed by atoms with E-state index >= 15 is 0 Å². The third-order valence-corrected chi connectivity index (χ3v) is 4.63. The van der Waals surface area contributed by atoms with E-state index < -0.39 is 15.8 Å². The monoisotopic (exact) mass is 243 g/mol. The number of nitrogens with zero attached hydrogens (tertiary/aromatic N) is 2. The molecule has 0 bridgehead atoms. The van der Waals surface area contributed by atoms with Gasteiger partial charge in [0.05, 0.1) is 11.4 Å². The van der Waals surface area contributed by atoms with Gasteiger partial charge in [0, 0.05) is 13.0 Å². The SMILES string of the molecule is Cc1nn(C)c2c1NC(=O)C(C)CS2(=O)=O. The van der Waals surface area contributed by atoms with E-state index in [1.54, 1.807) is 20.9 Å². The quantitative estimate of drug-likeness (QED) is 0.700. The molecule has 0 spiro atoms. The highest BCUT2D eigenvalue weighted by atomic mass is 32.2. The highest BCUT2D eigenvalue weighted by Crippen LogP contribution is 2.29. The van der Waals surface area contributed by atoms with Crippen LogP contribution in [-0.4, -0.2) is 29.9 Å². The number of rotatable bonds is 0. The van der Waals surface area contributed by atoms with Gasteiger partial charge in [0.25, 0.3) is 0 Å². The van der Waals surface area contributed by atoms with Crippen LogP contribution in [0, 0.1) is 12.8 Å². The van der Waals surface area contributed by atoms with Gasteiger partial charge < -0.3 is 5.32 Å². The number of hydrogen-bond donors (Lipinski definition) is 1. The average molecular weight is 243 g/mol. The van der Waals surface area contributed by atoms with Gasteiger partial charge in [-0.1, -0.05) is 6.92 Å². The number of sulfone groups is 1. The highest BCUT2D eigenvalue weighted by Gasteiger charge is 2.34. The van der Waals surface area contributed by atoms with Crippen molar-refractivity contribution in [3.63, 3.8) is 0 Å². The van der Waals surface area contributed by atoms with Gasteiger partial charge >= 0.3 is 0 Å². The molecular weight excluding hydrogens is 230 g/mol. The second-order valence-corrected chi connectivity index (χ2v) is 6.01. The minimum atomic E-state index is -3.45. The number of fused-ring (bicyclic) bond motifs is 1. The van der Waals surface area contributed by atoms with E-state index in [0.717, 1.165) is 0 Å². The van der Waals surface area contributed by atoms with Gasteiger partial charge in [0.1, 0.15) is 5.69 Å². The van der Waals surface area contributed by atoms with E-state index in [1.807, 2.05) is 0 Å². The van der Waals surface area contributed by atoms with Crippen molar-refractivity contribution in [1.29, 1.82) is 0 Å². The number of amides is 1. The van der Waals surface area contributed by atoms with Crippen molar-refractivity contribution in [1.82, 2.24) is 9.78 Å². The average Bonchev–Trinajstić information content (AvgIpc) is 2.35. The van der Waals surface area contributed by atoms with Gasteiger partial charge in [-0.25, -0.2) is 8.42 Å². The number of aryl methyl sites for hydroxylation is 2. The van der Waals surface area contributed by atoms with Crippen LogP contribution in [0.25, 0.3) is 0 Å². The smallest absolute Gasteiger partial charge is 0.228 e. The Morgan fingerprint density at radius 3 is 2.75 bits per heavy atom. The molecule has 0 radical (unpaired) electrons. The van der Waals surface area contributed by atoms with Crippen LogP contribution in [0.3, 0.4) is 0 Å². The molecule has 88 valence electrons. The Hall–Kier alpha value is -1.37. The first-order valence-electron chi connectivity index (χ1n) is 4.90. The summed E-state index contributed by atoms with van der Waals surface area (Å²) in [6.07, 6.45) is 0. The van der Waals surface area contributed by atoms with Crippen molar-refractivity contribution in [2.24, 2.45) is 13.0 Å². The van der Waals surface area contributed by atoms with Crippen LogP contribution in [-0.2, 0) is 21.7 Å². The van der Waals surface area contributed by atoms with E-state index in [0.29, 0.717) is 11.4 Å². The topological polar surface area (TPSA) is 81.1 Å². The van der Waals surface area contributed by atoms with Gasteiger partial charge in [-0.15, -0.1) is 0 Å². The summed E-state index contributed by atoms with van der Waals surface area (Å²) in [5.74, 6) is -1.000. The number of carbonyl (C=O) groups excluding carboxylic acids is 1. The maximum absolute atomic E-state index is 12.0. The van der Waals surface area contributed by atoms with Gasteiger partial charge in [0.2, 0.25) is 5.91 Å². The lowest BCUT2D eigenvalue weighted by molar-refractivity contribution is -0.118. The summed E-state index contributed by atoms with van der Waals surface area (Å²) in [6.45, 7) is 3.27. The van der Waals surface area contributed by atoms with Crippen LogP contribution in [0.15, 0.2) is 5.03 Å². The fourth-order valence-corrected chi connectivity index (χ4v) is 3.79. The maximum Gasteiger partial charge on any atom is 0.228 e. The van der Waals surface area contributed by atoms with Crippen molar-refractivity contribution < 1.29 is 13.2 Å². The summed E-state index contributed by atoms with van der Waals surface area (Å²) < 4.78 is 25.4. The molecule has 0 aromatic carbocycles. The Morgan fingerprint density at radius 2 is 2.12 bits per heavy atom. The molecule has 16 heavy (non-hydrogen) atoms. The predicted molar refractivity (Wildman–Crippen MR) is 57.8 cm³/mol. The summed E-state index contributed by atoms with van der Waals surface area (Å²) in [4.78, 5) is 11.6. The van der Waals surface area contributed by atoms with Crippen molar-refractivity contribution in [3.8, 4) is 0 Å². The molecule has 0 aliphatic carbocycles. The first-order valence-corrected chi connectivity index (χ1v) is 6.55. The lowest BCUT2D eigenvalue weighted by Crippen LogP contribution is -2.23. The van der Waals surface area contributed by atoms with Gasteiger partial charge in [-0.05, 0) is 6.92 Å². The van der Waals surface area contributed by atoms with Gasteiger partial charge in [-0.2, -0.15) is 5.10 Å². The zero-order valence-electron chi connectivity index (χ0n) is 9.31. The minimum Gasteiger partial charge on any atom is -0.322 e. The zero-order valence-corrected chi connectivity index (χ0v) is 10.1. The molecule has 1 atom stereocenters. The molecule has 1 N–H and O–H groups in total. The van der Waals surface area contributed by atoms with E-state index in [4.69, 9.17) is 0 Å². The Morgan fingerprint density at radius 1 is 1.50 bits per heavy atom. The van der Waals surface area contributed by atoms with E-state index in [1.165, 1.54) is 4.68 Å². The van der Waals surface area contributed by atoms with Crippen LogP contribution in [0.4, 0.5) is 5.69 Å². The first kappa shape index (κ1) is 11.1. The molecule has 0 saturated heterocycles. The summed E-state index contributed by atoms with van der Waals surface area (Å²) >= 11 is 0. The molecule has 0 fully saturated rings. The summed E-state index contributed by atoms with van der Waals surface area (Å²) in [5, 5.41) is 6.73. The number of aromatic nitrogens is 2. The minimum absolute atomic E-state index is 0.0997. The molecular formula is C9H13N3O3S. The summed E-state index contributed by atoms with van der Waals surface area (Å²) in [5.41, 5.74) is 0.834. The standard InChI is InChI=1S/C9H13N3O3S/c1-5-4-16(14,15)9-7(10-8(5)13)6(2)11-12(9)3/h5H,4H2,1-3H3,(H,10,13). The number of nitrogens with one attached hydrogen (secondary N) is 1. The molecule has 1 aliphatic heterocycles. The first-order chi connectivity index (χ1) is 7.33. The molecule has 7 heteroatoms. The molecule has 1 amide bonds. The van der Waals surface area contributed by atoms with Crippen LogP contribution in [0.2, 0.25) is 0 Å². The van der Waals surface area contributed by atoms with E-state index in [-0.39, 0.29) is 16.7 Å². The third-order valence-electron chi connectivity index (χ3n) is 2.63. The Balaban J connectivity index is 2.72. The molecule has 6 nitrogen and oxygen atoms in total. The summed E-state index contributed by atoms with van der Waals surface area (Å²) in [6, 6.07) is 0. The molecule has 1 aliphatic rings. The number of carbonyl (C=O) groups is 1. The molecule has 2 rings (SSSR count). The number of hydrogen-bond acceptors (Lipinski definition) is 4. The fraction of sp³-hybridized carbons (Fsp3) is 0.556. The van der Waals surface area contributed by atoms with Crippen molar-refractivity contribution >= 4 is 21.4 Å². The van der Waals surface area contributed by atoms with E-state index in [9.17, 15) is 13.2 Å². The molecule has 1 unspecified atom stereocenters. The lowest BCUT2D eigenvalue weighted by Gasteiger charge is -2.05. The van der Waals surface area contributed by atoms with Crippen LogP contribution in [0.5, 0.6) is 0 Å². The Labute approximate surface area is 93.6 Å². The second kappa shape index (κ2) is 3.31. The van der Waals surface area contributed by atoms with Gasteiger partial charge in [-0.3, -0.25) is 9.48 Å². The van der Waals surface area contributed by atoms with Crippen LogP contribution >= 0.6 is 0 Å². The van der Waals surface area contributed by atoms with Crippen LogP contribution < -0.4 is 5.32 Å². The maximum atomic E-state index is 12.0. The number of anilines is 1. The van der Waals surface area contributed by atoms with Crippen molar-refractivity contribution in [2.75, 3.05) is 11.1 Å². The fourth-order valence-electron chi connectivity index (χ4n) is 1.87. The Bertz CT molecular complexity index is 559. The van der Waals surface area contributed by atoms with Gasteiger partial charge in [0.15, 0.2) is 14.9 Å². The Kier molecular flexibility index (Phi) is 2.30. The zero-order chi connectivity index (χ0) is 12.1. The lowest BCUT2D eigenvalue weighted by atomic mass is 10.2. The summed E-state index contributed by atoms with van der Waals surface area (Å²) in [7, 11) is -1.89. The predicted octanol–water partition coefficient (Wildman–Crippen LogP) is 0.0904. The van der Waals surface area contributed by atoms with E-state index in [2.05, 4.69) is 10.4 Å². The molecule has 1 aromatic heterocycles. The van der Waals surface area contributed by atoms with Crippen molar-refractivity contribution in [3.05, 3.63) is 5.69 Å². The molecule has 0 saturated carbocycles.